The van der Waals surface area contributed by atoms with Crippen molar-refractivity contribution in [3.8, 4) is 0 Å². The Morgan fingerprint density at radius 3 is 2.48 bits per heavy atom. The fraction of sp³-hybridized carbons (Fsp3) is 0.318. The molecule has 0 amide bonds. The topological polar surface area (TPSA) is 76.8 Å². The van der Waals surface area contributed by atoms with Gasteiger partial charge in [0.2, 0.25) is 0 Å². The fourth-order valence-electron chi connectivity index (χ4n) is 4.03. The number of nitrogens with one attached hydrogen (secondary N) is 1. The lowest BCUT2D eigenvalue weighted by molar-refractivity contribution is -0.570. The second-order valence-electron chi connectivity index (χ2n) is 8.21. The summed E-state index contributed by atoms with van der Waals surface area (Å²) >= 11 is 6.03. The van der Waals surface area contributed by atoms with Crippen LogP contribution in [-0.2, 0) is 4.74 Å². The van der Waals surface area contributed by atoms with E-state index in [2.05, 4.69) is 24.4 Å². The van der Waals surface area contributed by atoms with Gasteiger partial charge in [0.1, 0.15) is 11.7 Å². The number of nitrogens with zero attached hydrogens (tertiary/aromatic N) is 2. The summed E-state index contributed by atoms with van der Waals surface area (Å²) in [7, 11) is 0. The van der Waals surface area contributed by atoms with Gasteiger partial charge >= 0.3 is 6.23 Å². The highest BCUT2D eigenvalue weighted by atomic mass is 35.5. The Morgan fingerprint density at radius 1 is 1.14 bits per heavy atom. The van der Waals surface area contributed by atoms with E-state index < -0.39 is 12.1 Å². The maximum atomic E-state index is 11.8. The van der Waals surface area contributed by atoms with E-state index in [1.54, 1.807) is 12.1 Å². The third-order valence-electron chi connectivity index (χ3n) is 5.29. The summed E-state index contributed by atoms with van der Waals surface area (Å²) in [4.78, 5) is 11.5. The number of hydrogen-bond acceptors (Lipinski definition) is 5. The average molecular weight is 412 g/mol. The Hall–Kier alpha value is -2.86. The average Bonchev–Trinajstić information content (AvgIpc) is 3.06. The molecule has 4 rings (SSSR count). The van der Waals surface area contributed by atoms with E-state index in [0.29, 0.717) is 23.6 Å². The number of allylic oxidation sites excluding steroid dienone is 1. The van der Waals surface area contributed by atoms with Gasteiger partial charge in [-0.05, 0) is 41.7 Å². The lowest BCUT2D eigenvalue weighted by atomic mass is 9.73. The van der Waals surface area contributed by atoms with Gasteiger partial charge in [-0.2, -0.15) is 5.10 Å². The van der Waals surface area contributed by atoms with E-state index in [1.807, 2.05) is 42.5 Å². The molecule has 7 heteroatoms. The van der Waals surface area contributed by atoms with Crippen LogP contribution < -0.4 is 5.43 Å². The zero-order valence-corrected chi connectivity index (χ0v) is 17.0. The van der Waals surface area contributed by atoms with Crippen LogP contribution >= 0.6 is 11.6 Å². The van der Waals surface area contributed by atoms with Crippen LogP contribution in [0.4, 0.5) is 5.69 Å². The first kappa shape index (κ1) is 19.5. The summed E-state index contributed by atoms with van der Waals surface area (Å²) in [6.45, 7) is 4.24. The van der Waals surface area contributed by atoms with Gasteiger partial charge in [0, 0.05) is 17.0 Å². The Balaban J connectivity index is 1.78. The molecule has 150 valence electrons. The fourth-order valence-corrected chi connectivity index (χ4v) is 4.15. The van der Waals surface area contributed by atoms with Crippen LogP contribution in [0.1, 0.15) is 38.2 Å². The van der Waals surface area contributed by atoms with Crippen LogP contribution in [0.25, 0.3) is 0 Å². The normalized spacial score (nSPS) is 24.2. The number of anilines is 1. The minimum atomic E-state index is -1.17. The molecule has 0 aromatic heterocycles. The summed E-state index contributed by atoms with van der Waals surface area (Å²) in [6, 6.07) is 16.8. The molecule has 2 aromatic carbocycles. The first-order valence-corrected chi connectivity index (χ1v) is 9.88. The summed E-state index contributed by atoms with van der Waals surface area (Å²) < 4.78 is 5.88. The predicted octanol–water partition coefficient (Wildman–Crippen LogP) is 5.60. The maximum absolute atomic E-state index is 11.8. The molecule has 6 nitrogen and oxygen atoms in total. The number of hydrazone groups is 1. The molecule has 0 spiro atoms. The Labute approximate surface area is 174 Å². The summed E-state index contributed by atoms with van der Waals surface area (Å²) in [5, 5.41) is 17.1. The molecular weight excluding hydrogens is 390 g/mol. The Kier molecular flexibility index (Phi) is 5.04. The molecule has 1 heterocycles. The minimum absolute atomic E-state index is 0.105. The quantitative estimate of drug-likeness (QED) is 0.524. The Morgan fingerprint density at radius 2 is 1.83 bits per heavy atom. The molecule has 1 N–H and O–H groups in total. The van der Waals surface area contributed by atoms with Gasteiger partial charge in [-0.15, -0.1) is 0 Å². The molecular formula is C22H22ClN3O3. The third kappa shape index (κ3) is 3.98. The molecule has 0 saturated carbocycles. The highest BCUT2D eigenvalue weighted by molar-refractivity contribution is 6.30. The molecule has 2 atom stereocenters. The zero-order chi connectivity index (χ0) is 20.6. The second-order valence-corrected chi connectivity index (χ2v) is 8.65. The molecule has 29 heavy (non-hydrogen) atoms. The first-order chi connectivity index (χ1) is 13.8. The highest BCUT2D eigenvalue weighted by Gasteiger charge is 2.50. The maximum Gasteiger partial charge on any atom is 0.364 e. The molecule has 1 aliphatic heterocycles. The van der Waals surface area contributed by atoms with Gasteiger partial charge in [0.25, 0.3) is 0 Å². The molecule has 1 aliphatic carbocycles. The van der Waals surface area contributed by atoms with E-state index in [4.69, 9.17) is 16.3 Å². The number of benzene rings is 2. The van der Waals surface area contributed by atoms with E-state index in [-0.39, 0.29) is 10.3 Å². The monoisotopic (exact) mass is 411 g/mol. The molecule has 2 aromatic rings. The largest absolute Gasteiger partial charge is 0.433 e. The SMILES string of the molecule is CC1(C)CC2=C(/C(=N/Nc3ccccc3)C1)[C@@H](c1ccc(Cl)cc1)[C@H]([N+](=O)[O-])O2. The van der Waals surface area contributed by atoms with Crippen molar-refractivity contribution in [2.24, 2.45) is 10.5 Å². The van der Waals surface area contributed by atoms with E-state index >= 15 is 0 Å². The van der Waals surface area contributed by atoms with E-state index in [1.165, 1.54) is 0 Å². The standard InChI is InChI=1S/C22H22ClN3O3/c1-22(2)12-17(25-24-16-6-4-3-5-7-16)20-18(13-22)29-21(26(27)28)19(20)14-8-10-15(23)11-9-14/h3-11,19,21,24H,12-13H2,1-2H3/b25-17+/t19-,21-/m1/s1. The summed E-state index contributed by atoms with van der Waals surface area (Å²) in [6.07, 6.45) is 0.169. The molecule has 2 aliphatic rings. The van der Waals surface area contributed by atoms with Gasteiger partial charge in [0.15, 0.2) is 0 Å². The van der Waals surface area contributed by atoms with Crippen LogP contribution in [0.3, 0.4) is 0 Å². The van der Waals surface area contributed by atoms with Crippen molar-refractivity contribution in [2.75, 3.05) is 5.43 Å². The van der Waals surface area contributed by atoms with E-state index in [0.717, 1.165) is 22.5 Å². The lowest BCUT2D eigenvalue weighted by Crippen LogP contribution is -2.29. The lowest BCUT2D eigenvalue weighted by Gasteiger charge is -2.31. The molecule has 0 fully saturated rings. The Bertz CT molecular complexity index is 984. The smallest absolute Gasteiger partial charge is 0.364 e. The van der Waals surface area contributed by atoms with Crippen molar-refractivity contribution in [1.29, 1.82) is 0 Å². The summed E-state index contributed by atoms with van der Waals surface area (Å²) in [5.74, 6) is 0.140. The van der Waals surface area contributed by atoms with Crippen LogP contribution in [0.5, 0.6) is 0 Å². The second kappa shape index (κ2) is 7.52. The van der Waals surface area contributed by atoms with E-state index in [9.17, 15) is 10.1 Å². The number of hydrogen-bond donors (Lipinski definition) is 1. The van der Waals surface area contributed by atoms with Gasteiger partial charge in [0.05, 0.1) is 16.3 Å². The van der Waals surface area contributed by atoms with Crippen molar-refractivity contribution in [3.05, 3.63) is 86.6 Å². The van der Waals surface area contributed by atoms with Gasteiger partial charge in [-0.1, -0.05) is 55.8 Å². The van der Waals surface area contributed by atoms with Crippen molar-refractivity contribution < 1.29 is 9.66 Å². The van der Waals surface area contributed by atoms with Crippen molar-refractivity contribution in [3.63, 3.8) is 0 Å². The first-order valence-electron chi connectivity index (χ1n) is 9.51. The van der Waals surface area contributed by atoms with Crippen LogP contribution in [0.15, 0.2) is 71.0 Å². The molecule has 0 saturated heterocycles. The minimum Gasteiger partial charge on any atom is -0.433 e. The van der Waals surface area contributed by atoms with Gasteiger partial charge in [-0.25, -0.2) is 0 Å². The van der Waals surface area contributed by atoms with Gasteiger partial charge < -0.3 is 4.74 Å². The van der Waals surface area contributed by atoms with Crippen LogP contribution in [-0.4, -0.2) is 16.9 Å². The number of para-hydroxylation sites is 1. The van der Waals surface area contributed by atoms with Gasteiger partial charge in [-0.3, -0.25) is 15.5 Å². The van der Waals surface area contributed by atoms with Crippen molar-refractivity contribution >= 4 is 23.0 Å². The number of halogens is 1. The predicted molar refractivity (Wildman–Crippen MR) is 114 cm³/mol. The highest BCUT2D eigenvalue weighted by Crippen LogP contribution is 2.49. The molecule has 0 radical (unpaired) electrons. The van der Waals surface area contributed by atoms with Crippen LogP contribution in [0.2, 0.25) is 5.02 Å². The van der Waals surface area contributed by atoms with Crippen LogP contribution in [0, 0.1) is 15.5 Å². The number of rotatable bonds is 4. The number of nitro groups is 1. The number of ether oxygens (including phenoxy) is 1. The summed E-state index contributed by atoms with van der Waals surface area (Å²) in [5.41, 5.74) is 6.26. The zero-order valence-electron chi connectivity index (χ0n) is 16.3. The third-order valence-corrected chi connectivity index (χ3v) is 5.54. The van der Waals surface area contributed by atoms with Crippen molar-refractivity contribution in [2.45, 2.75) is 38.8 Å². The van der Waals surface area contributed by atoms with Crippen molar-refractivity contribution in [1.82, 2.24) is 0 Å². The molecule has 0 bridgehead atoms. The molecule has 0 unspecified atom stereocenters.